The van der Waals surface area contributed by atoms with Crippen LogP contribution in [-0.4, -0.2) is 45.7 Å². The van der Waals surface area contributed by atoms with Crippen LogP contribution >= 0.6 is 0 Å². The van der Waals surface area contributed by atoms with Crippen LogP contribution in [0.4, 0.5) is 4.79 Å². The number of aliphatic hydroxyl groups excluding tert-OH is 1. The predicted molar refractivity (Wildman–Crippen MR) is 98.2 cm³/mol. The Hall–Kier alpha value is -2.08. The van der Waals surface area contributed by atoms with Crippen LogP contribution in [0.25, 0.3) is 11.0 Å². The number of rotatable bonds is 7. The number of para-hydroxylation sites is 2. The van der Waals surface area contributed by atoms with Crippen LogP contribution in [-0.2, 0) is 6.54 Å². The number of carbonyl (C=O) groups excluding carboxylic acids is 1. The second-order valence-corrected chi connectivity index (χ2v) is 6.86. The van der Waals surface area contributed by atoms with E-state index in [1.54, 1.807) is 4.90 Å². The summed E-state index contributed by atoms with van der Waals surface area (Å²) in [6, 6.07) is 7.68. The molecule has 0 radical (unpaired) electrons. The fourth-order valence-corrected chi connectivity index (χ4v) is 3.61. The molecule has 1 saturated carbocycles. The van der Waals surface area contributed by atoms with Gasteiger partial charge in [-0.2, -0.15) is 0 Å². The number of fused-ring (bicyclic) bond motifs is 1. The zero-order valence-corrected chi connectivity index (χ0v) is 14.7. The molecule has 0 atom stereocenters. The first-order valence-corrected chi connectivity index (χ1v) is 9.33. The molecule has 1 aromatic carbocycles. The topological polar surface area (TPSA) is 81.2 Å². The van der Waals surface area contributed by atoms with Crippen molar-refractivity contribution in [2.24, 2.45) is 5.92 Å². The Balaban J connectivity index is 1.50. The maximum atomic E-state index is 12.5. The van der Waals surface area contributed by atoms with Crippen LogP contribution in [0, 0.1) is 5.92 Å². The summed E-state index contributed by atoms with van der Waals surface area (Å²) >= 11 is 0. The number of aliphatic hydroxyl groups is 1. The predicted octanol–water partition coefficient (Wildman–Crippen LogP) is 3.04. The van der Waals surface area contributed by atoms with Crippen molar-refractivity contribution in [1.29, 1.82) is 0 Å². The standard InChI is InChI=1S/C19H28N4O2/c24-13-12-23(11-10-15-6-2-1-3-7-15)19(25)20-14-18-21-16-8-4-5-9-17(16)22-18/h4-5,8-9,15,24H,1-3,6-7,10-14H2,(H,20,25)(H,21,22). The summed E-state index contributed by atoms with van der Waals surface area (Å²) in [5, 5.41) is 12.2. The highest BCUT2D eigenvalue weighted by Gasteiger charge is 2.18. The average Bonchev–Trinajstić information content (AvgIpc) is 3.07. The quantitative estimate of drug-likeness (QED) is 0.722. The van der Waals surface area contributed by atoms with Crippen LogP contribution in [0.3, 0.4) is 0 Å². The Morgan fingerprint density at radius 1 is 1.24 bits per heavy atom. The largest absolute Gasteiger partial charge is 0.395 e. The van der Waals surface area contributed by atoms with Crippen molar-refractivity contribution in [3.05, 3.63) is 30.1 Å². The number of nitrogens with one attached hydrogen (secondary N) is 2. The first-order chi connectivity index (χ1) is 12.3. The van der Waals surface area contributed by atoms with Gasteiger partial charge in [-0.1, -0.05) is 44.2 Å². The highest BCUT2D eigenvalue weighted by molar-refractivity contribution is 5.76. The number of aromatic nitrogens is 2. The van der Waals surface area contributed by atoms with Crippen molar-refractivity contribution >= 4 is 17.1 Å². The number of H-pyrrole nitrogens is 1. The third-order valence-electron chi connectivity index (χ3n) is 5.03. The maximum absolute atomic E-state index is 12.5. The van der Waals surface area contributed by atoms with E-state index in [-0.39, 0.29) is 12.6 Å². The molecule has 6 heteroatoms. The zero-order chi connectivity index (χ0) is 17.5. The summed E-state index contributed by atoms with van der Waals surface area (Å²) in [5.41, 5.74) is 1.87. The zero-order valence-electron chi connectivity index (χ0n) is 14.7. The molecule has 0 unspecified atom stereocenters. The van der Waals surface area contributed by atoms with Gasteiger partial charge in [-0.25, -0.2) is 9.78 Å². The normalized spacial score (nSPS) is 15.4. The van der Waals surface area contributed by atoms with Crippen molar-refractivity contribution in [3.63, 3.8) is 0 Å². The Bertz CT molecular complexity index is 646. The molecule has 3 N–H and O–H groups in total. The van der Waals surface area contributed by atoms with Gasteiger partial charge in [0, 0.05) is 13.1 Å². The lowest BCUT2D eigenvalue weighted by molar-refractivity contribution is 0.169. The van der Waals surface area contributed by atoms with Gasteiger partial charge in [-0.3, -0.25) is 0 Å². The molecule has 1 aliphatic rings. The third-order valence-corrected chi connectivity index (χ3v) is 5.03. The van der Waals surface area contributed by atoms with Gasteiger partial charge in [0.1, 0.15) is 5.82 Å². The molecular formula is C19H28N4O2. The van der Waals surface area contributed by atoms with Gasteiger partial charge in [0.25, 0.3) is 0 Å². The minimum Gasteiger partial charge on any atom is -0.395 e. The van der Waals surface area contributed by atoms with Gasteiger partial charge in [0.15, 0.2) is 0 Å². The molecule has 1 heterocycles. The number of hydrogen-bond acceptors (Lipinski definition) is 3. The Morgan fingerprint density at radius 2 is 2.04 bits per heavy atom. The van der Waals surface area contributed by atoms with Crippen molar-refractivity contribution in [2.75, 3.05) is 19.7 Å². The Kier molecular flexibility index (Phi) is 6.28. The number of aromatic amines is 1. The second kappa shape index (κ2) is 8.85. The van der Waals surface area contributed by atoms with Crippen molar-refractivity contribution in [2.45, 2.75) is 45.1 Å². The number of nitrogens with zero attached hydrogens (tertiary/aromatic N) is 2. The molecule has 0 spiro atoms. The molecular weight excluding hydrogens is 316 g/mol. The summed E-state index contributed by atoms with van der Waals surface area (Å²) in [4.78, 5) is 21.9. The Morgan fingerprint density at radius 3 is 2.80 bits per heavy atom. The summed E-state index contributed by atoms with van der Waals surface area (Å²) in [7, 11) is 0. The third kappa shape index (κ3) is 4.95. The Labute approximate surface area is 148 Å². The van der Waals surface area contributed by atoms with E-state index in [1.165, 1.54) is 32.1 Å². The van der Waals surface area contributed by atoms with Crippen molar-refractivity contribution < 1.29 is 9.90 Å². The van der Waals surface area contributed by atoms with Crippen molar-refractivity contribution in [3.8, 4) is 0 Å². The average molecular weight is 344 g/mol. The highest BCUT2D eigenvalue weighted by Crippen LogP contribution is 2.26. The molecule has 6 nitrogen and oxygen atoms in total. The van der Waals surface area contributed by atoms with Gasteiger partial charge >= 0.3 is 6.03 Å². The van der Waals surface area contributed by atoms with E-state index in [0.717, 1.165) is 29.2 Å². The molecule has 2 amide bonds. The molecule has 0 aliphatic heterocycles. The van der Waals surface area contributed by atoms with Crippen LogP contribution in [0.5, 0.6) is 0 Å². The van der Waals surface area contributed by atoms with Crippen LogP contribution < -0.4 is 5.32 Å². The van der Waals surface area contributed by atoms with Crippen LogP contribution in [0.15, 0.2) is 24.3 Å². The van der Waals surface area contributed by atoms with Crippen LogP contribution in [0.2, 0.25) is 0 Å². The number of carbonyl (C=O) groups is 1. The second-order valence-electron chi connectivity index (χ2n) is 6.86. The summed E-state index contributed by atoms with van der Waals surface area (Å²) in [6.45, 7) is 1.43. The molecule has 0 saturated heterocycles. The fraction of sp³-hybridized carbons (Fsp3) is 0.579. The molecule has 25 heavy (non-hydrogen) atoms. The maximum Gasteiger partial charge on any atom is 0.317 e. The highest BCUT2D eigenvalue weighted by atomic mass is 16.3. The number of hydrogen-bond donors (Lipinski definition) is 3. The lowest BCUT2D eigenvalue weighted by atomic mass is 9.87. The molecule has 1 aromatic heterocycles. The fourth-order valence-electron chi connectivity index (χ4n) is 3.61. The smallest absolute Gasteiger partial charge is 0.317 e. The molecule has 0 bridgehead atoms. The van der Waals surface area contributed by atoms with E-state index >= 15 is 0 Å². The molecule has 136 valence electrons. The van der Waals surface area contributed by atoms with Gasteiger partial charge in [0.2, 0.25) is 0 Å². The van der Waals surface area contributed by atoms with E-state index < -0.39 is 0 Å². The summed E-state index contributed by atoms with van der Waals surface area (Å²) in [5.74, 6) is 1.46. The number of amides is 2. The molecule has 2 aromatic rings. The van der Waals surface area contributed by atoms with E-state index in [2.05, 4.69) is 15.3 Å². The first kappa shape index (κ1) is 17.7. The van der Waals surface area contributed by atoms with Crippen molar-refractivity contribution in [1.82, 2.24) is 20.2 Å². The van der Waals surface area contributed by atoms with Crippen LogP contribution in [0.1, 0.15) is 44.3 Å². The molecule has 1 aliphatic carbocycles. The minimum absolute atomic E-state index is 0.0112. The summed E-state index contributed by atoms with van der Waals surface area (Å²) in [6.07, 6.45) is 7.53. The first-order valence-electron chi connectivity index (χ1n) is 9.33. The van der Waals surface area contributed by atoms with E-state index in [4.69, 9.17) is 0 Å². The number of imidazole rings is 1. The SMILES string of the molecule is O=C(NCc1nc2ccccc2[nH]1)N(CCO)CCC1CCCCC1. The van der Waals surface area contributed by atoms with Gasteiger partial charge in [0.05, 0.1) is 24.2 Å². The number of urea groups is 1. The van der Waals surface area contributed by atoms with E-state index in [9.17, 15) is 9.90 Å². The van der Waals surface area contributed by atoms with Gasteiger partial charge < -0.3 is 20.3 Å². The molecule has 1 fully saturated rings. The van der Waals surface area contributed by atoms with E-state index in [0.29, 0.717) is 19.6 Å². The summed E-state index contributed by atoms with van der Waals surface area (Å²) < 4.78 is 0. The van der Waals surface area contributed by atoms with E-state index in [1.807, 2.05) is 24.3 Å². The lowest BCUT2D eigenvalue weighted by Crippen LogP contribution is -2.42. The number of benzene rings is 1. The van der Waals surface area contributed by atoms with Gasteiger partial charge in [-0.15, -0.1) is 0 Å². The van der Waals surface area contributed by atoms with Gasteiger partial charge in [-0.05, 0) is 24.5 Å². The minimum atomic E-state index is -0.134. The lowest BCUT2D eigenvalue weighted by Gasteiger charge is -2.26. The molecule has 3 rings (SSSR count). The monoisotopic (exact) mass is 344 g/mol.